The number of para-hydroxylation sites is 1. The lowest BCUT2D eigenvalue weighted by molar-refractivity contribution is 0.835. The topological polar surface area (TPSA) is 24.9 Å². The van der Waals surface area contributed by atoms with Gasteiger partial charge in [-0.1, -0.05) is 44.5 Å². The van der Waals surface area contributed by atoms with E-state index in [2.05, 4.69) is 61.6 Å². The number of hydrogen-bond donors (Lipinski definition) is 1. The Morgan fingerprint density at radius 3 is 2.57 bits per heavy atom. The Hall–Kier alpha value is -2.09. The summed E-state index contributed by atoms with van der Waals surface area (Å²) in [5.41, 5.74) is 4.80. The van der Waals surface area contributed by atoms with Crippen molar-refractivity contribution in [3.63, 3.8) is 0 Å². The molecule has 0 fully saturated rings. The molecule has 0 saturated heterocycles. The molecule has 0 amide bonds. The van der Waals surface area contributed by atoms with Crippen molar-refractivity contribution in [3.05, 3.63) is 48.0 Å². The Morgan fingerprint density at radius 2 is 1.76 bits per heavy atom. The summed E-state index contributed by atoms with van der Waals surface area (Å²) in [6, 6.07) is 14.8. The number of aryl methyl sites for hydroxylation is 1. The van der Waals surface area contributed by atoms with E-state index in [0.717, 1.165) is 24.0 Å². The van der Waals surface area contributed by atoms with Crippen molar-refractivity contribution < 1.29 is 0 Å². The number of nitrogens with one attached hydrogen (secondary N) is 1. The number of anilines is 1. The van der Waals surface area contributed by atoms with Gasteiger partial charge in [-0.3, -0.25) is 0 Å². The average molecular weight is 278 g/mol. The van der Waals surface area contributed by atoms with E-state index >= 15 is 0 Å². The molecule has 0 aliphatic carbocycles. The highest BCUT2D eigenvalue weighted by Crippen LogP contribution is 2.31. The van der Waals surface area contributed by atoms with E-state index in [1.807, 2.05) is 0 Å². The van der Waals surface area contributed by atoms with Crippen molar-refractivity contribution in [2.75, 3.05) is 11.9 Å². The molecule has 2 nitrogen and oxygen atoms in total. The van der Waals surface area contributed by atoms with Crippen LogP contribution < -0.4 is 5.32 Å². The van der Waals surface area contributed by atoms with Crippen LogP contribution >= 0.6 is 0 Å². The van der Waals surface area contributed by atoms with Crippen LogP contribution in [0.15, 0.2) is 42.5 Å². The molecular weight excluding hydrogens is 256 g/mol. The number of benzene rings is 2. The number of pyridine rings is 1. The highest BCUT2D eigenvalue weighted by molar-refractivity contribution is 6.03. The van der Waals surface area contributed by atoms with E-state index in [0.29, 0.717) is 0 Å². The van der Waals surface area contributed by atoms with E-state index < -0.39 is 0 Å². The van der Waals surface area contributed by atoms with Crippen molar-refractivity contribution in [1.29, 1.82) is 0 Å². The zero-order valence-electron chi connectivity index (χ0n) is 12.8. The van der Waals surface area contributed by atoms with Gasteiger partial charge < -0.3 is 5.32 Å². The molecule has 3 rings (SSSR count). The van der Waals surface area contributed by atoms with E-state index in [-0.39, 0.29) is 0 Å². The zero-order valence-corrected chi connectivity index (χ0v) is 12.8. The van der Waals surface area contributed by atoms with E-state index in [1.165, 1.54) is 34.9 Å². The molecule has 1 heterocycles. The van der Waals surface area contributed by atoms with E-state index in [4.69, 9.17) is 4.98 Å². The fraction of sp³-hybridized carbons (Fsp3) is 0.316. The van der Waals surface area contributed by atoms with Gasteiger partial charge in [-0.05, 0) is 36.6 Å². The fourth-order valence-electron chi connectivity index (χ4n) is 2.96. The molecule has 21 heavy (non-hydrogen) atoms. The molecule has 1 aromatic heterocycles. The normalized spacial score (nSPS) is 11.1. The number of unbranched alkanes of at least 4 members (excludes halogenated alkanes) is 1. The van der Waals surface area contributed by atoms with Crippen molar-refractivity contribution in [1.82, 2.24) is 4.98 Å². The van der Waals surface area contributed by atoms with Crippen molar-refractivity contribution >= 4 is 27.5 Å². The number of aromatic nitrogens is 1. The Kier molecular flexibility index (Phi) is 4.05. The summed E-state index contributed by atoms with van der Waals surface area (Å²) < 4.78 is 0. The van der Waals surface area contributed by atoms with Gasteiger partial charge in [0.05, 0.1) is 11.0 Å². The summed E-state index contributed by atoms with van der Waals surface area (Å²) in [6.45, 7) is 5.47. The number of nitrogens with zero attached hydrogens (tertiary/aromatic N) is 1. The molecule has 0 radical (unpaired) electrons. The second-order valence-electron chi connectivity index (χ2n) is 5.44. The molecule has 1 N–H and O–H groups in total. The third kappa shape index (κ3) is 2.58. The minimum absolute atomic E-state index is 1.02. The smallest absolute Gasteiger partial charge is 0.0733 e. The lowest BCUT2D eigenvalue weighted by Gasteiger charge is -2.14. The lowest BCUT2D eigenvalue weighted by Crippen LogP contribution is -2.03. The largest absolute Gasteiger partial charge is 0.384 e. The molecule has 0 aliphatic heterocycles. The Morgan fingerprint density at radius 1 is 0.952 bits per heavy atom. The molecule has 2 heteroatoms. The van der Waals surface area contributed by atoms with Crippen molar-refractivity contribution in [2.45, 2.75) is 33.1 Å². The quantitative estimate of drug-likeness (QED) is 0.515. The minimum Gasteiger partial charge on any atom is -0.384 e. The van der Waals surface area contributed by atoms with Gasteiger partial charge >= 0.3 is 0 Å². The average Bonchev–Trinajstić information content (AvgIpc) is 2.53. The summed E-state index contributed by atoms with van der Waals surface area (Å²) >= 11 is 0. The maximum Gasteiger partial charge on any atom is 0.0733 e. The molecule has 0 saturated carbocycles. The maximum absolute atomic E-state index is 4.84. The van der Waals surface area contributed by atoms with Gasteiger partial charge in [0.2, 0.25) is 0 Å². The summed E-state index contributed by atoms with van der Waals surface area (Å²) in [7, 11) is 0. The first-order chi connectivity index (χ1) is 10.3. The Labute approximate surface area is 126 Å². The number of rotatable bonds is 5. The van der Waals surface area contributed by atoms with Crippen LogP contribution in [-0.2, 0) is 6.42 Å². The lowest BCUT2D eigenvalue weighted by atomic mass is 9.99. The molecule has 2 aromatic carbocycles. The zero-order chi connectivity index (χ0) is 14.7. The van der Waals surface area contributed by atoms with Gasteiger partial charge in [0.15, 0.2) is 0 Å². The van der Waals surface area contributed by atoms with Crippen LogP contribution in [0.4, 0.5) is 5.69 Å². The van der Waals surface area contributed by atoms with Crippen LogP contribution in [0.25, 0.3) is 21.8 Å². The van der Waals surface area contributed by atoms with Gasteiger partial charge in [-0.15, -0.1) is 0 Å². The standard InChI is InChI=1S/C19H22N2/c1-3-5-13-20-17-11-8-12-18-19(17)14(4-2)15-9-6-7-10-16(15)21-18/h6-12,20H,3-5,13H2,1-2H3. The monoisotopic (exact) mass is 278 g/mol. The van der Waals surface area contributed by atoms with Gasteiger partial charge in [0, 0.05) is 23.0 Å². The second kappa shape index (κ2) is 6.13. The van der Waals surface area contributed by atoms with Crippen molar-refractivity contribution in [3.8, 4) is 0 Å². The highest BCUT2D eigenvalue weighted by Gasteiger charge is 2.10. The van der Waals surface area contributed by atoms with Gasteiger partial charge in [-0.25, -0.2) is 4.98 Å². The molecule has 0 atom stereocenters. The SMILES string of the molecule is CCCCNc1cccc2nc3ccccc3c(CC)c12. The summed E-state index contributed by atoms with van der Waals surface area (Å²) in [4.78, 5) is 4.84. The van der Waals surface area contributed by atoms with Crippen LogP contribution in [-0.4, -0.2) is 11.5 Å². The summed E-state index contributed by atoms with van der Waals surface area (Å²) in [5.74, 6) is 0. The van der Waals surface area contributed by atoms with E-state index in [1.54, 1.807) is 0 Å². The first-order valence-corrected chi connectivity index (χ1v) is 7.89. The van der Waals surface area contributed by atoms with Gasteiger partial charge in [0.1, 0.15) is 0 Å². The minimum atomic E-state index is 1.02. The van der Waals surface area contributed by atoms with Crippen LogP contribution in [0.1, 0.15) is 32.3 Å². The third-order valence-corrected chi connectivity index (χ3v) is 4.01. The molecule has 0 aliphatic rings. The summed E-state index contributed by atoms with van der Waals surface area (Å²) in [5, 5.41) is 6.15. The van der Waals surface area contributed by atoms with Gasteiger partial charge in [0.25, 0.3) is 0 Å². The first kappa shape index (κ1) is 13.9. The third-order valence-electron chi connectivity index (χ3n) is 4.01. The molecule has 0 unspecified atom stereocenters. The van der Waals surface area contributed by atoms with Crippen LogP contribution in [0.5, 0.6) is 0 Å². The molecule has 3 aromatic rings. The maximum atomic E-state index is 4.84. The molecule has 108 valence electrons. The first-order valence-electron chi connectivity index (χ1n) is 7.89. The van der Waals surface area contributed by atoms with Crippen LogP contribution in [0, 0.1) is 0 Å². The van der Waals surface area contributed by atoms with Gasteiger partial charge in [-0.2, -0.15) is 0 Å². The predicted molar refractivity (Wildman–Crippen MR) is 92.0 cm³/mol. The molecular formula is C19H22N2. The highest BCUT2D eigenvalue weighted by atomic mass is 14.9. The second-order valence-corrected chi connectivity index (χ2v) is 5.44. The number of hydrogen-bond acceptors (Lipinski definition) is 2. The van der Waals surface area contributed by atoms with Crippen molar-refractivity contribution in [2.24, 2.45) is 0 Å². The van der Waals surface area contributed by atoms with E-state index in [9.17, 15) is 0 Å². The fourth-order valence-corrected chi connectivity index (χ4v) is 2.96. The Balaban J connectivity index is 2.23. The predicted octanol–water partition coefficient (Wildman–Crippen LogP) is 5.16. The molecule has 0 spiro atoms. The van der Waals surface area contributed by atoms with Crippen LogP contribution in [0.3, 0.4) is 0 Å². The molecule has 0 bridgehead atoms. The summed E-state index contributed by atoms with van der Waals surface area (Å²) in [6.07, 6.45) is 3.42. The number of fused-ring (bicyclic) bond motifs is 2. The Bertz CT molecular complexity index is 762. The van der Waals surface area contributed by atoms with Crippen LogP contribution in [0.2, 0.25) is 0 Å².